The average Bonchev–Trinajstić information content (AvgIpc) is 3.50. The van der Waals surface area contributed by atoms with Gasteiger partial charge in [-0.1, -0.05) is 23.4 Å². The van der Waals surface area contributed by atoms with E-state index in [4.69, 9.17) is 23.2 Å². The normalized spacial score (nSPS) is 14.1. The van der Waals surface area contributed by atoms with Crippen LogP contribution in [0.1, 0.15) is 40.2 Å². The molecule has 1 fully saturated rings. The lowest BCUT2D eigenvalue weighted by molar-refractivity contribution is 0.0380. The molecular formula is C34H27Cl2F2N7O3S. The molecule has 5 heterocycles. The SMILES string of the molecule is Cc1nc2cnc(N(C)C3CCN(CC(F)(F)Cl)CC3)c(C#N)c2c(=O)n1CC#Cc1ccc(Cl)cc1-c1ccnc2c(C(=O)O)csc12. The number of nitriles is 1. The number of aromatic carboxylic acids is 1. The van der Waals surface area contributed by atoms with Gasteiger partial charge in [-0.15, -0.1) is 11.3 Å². The molecular weight excluding hydrogens is 695 g/mol. The molecule has 15 heteroatoms. The van der Waals surface area contributed by atoms with E-state index in [1.54, 1.807) is 48.5 Å². The molecule has 0 radical (unpaired) electrons. The van der Waals surface area contributed by atoms with E-state index in [2.05, 4.69) is 32.9 Å². The zero-order valence-electron chi connectivity index (χ0n) is 26.2. The summed E-state index contributed by atoms with van der Waals surface area (Å²) in [6, 6.07) is 9.03. The number of nitrogens with zero attached hydrogens (tertiary/aromatic N) is 7. The second-order valence-electron chi connectivity index (χ2n) is 11.6. The molecule has 250 valence electrons. The van der Waals surface area contributed by atoms with Crippen LogP contribution in [-0.2, 0) is 6.54 Å². The number of carbonyl (C=O) groups is 1. The fourth-order valence-corrected chi connectivity index (χ4v) is 7.49. The van der Waals surface area contributed by atoms with Crippen molar-refractivity contribution in [3.63, 3.8) is 0 Å². The molecule has 1 aromatic carbocycles. The lowest BCUT2D eigenvalue weighted by atomic mass is 10.00. The number of pyridine rings is 2. The number of aryl methyl sites for hydroxylation is 1. The molecule has 5 aromatic rings. The minimum absolute atomic E-state index is 0.0361. The predicted octanol–water partition coefficient (Wildman–Crippen LogP) is 6.38. The number of fused-ring (bicyclic) bond motifs is 2. The molecule has 6 rings (SSSR count). The molecule has 0 bridgehead atoms. The number of carboxylic acids is 1. The Hall–Kier alpha value is -4.66. The lowest BCUT2D eigenvalue weighted by Crippen LogP contribution is -2.46. The van der Waals surface area contributed by atoms with Gasteiger partial charge >= 0.3 is 11.4 Å². The summed E-state index contributed by atoms with van der Waals surface area (Å²) in [6.07, 6.45) is 4.10. The molecule has 0 saturated carbocycles. The molecule has 0 aliphatic carbocycles. The molecule has 0 amide bonds. The van der Waals surface area contributed by atoms with Crippen molar-refractivity contribution in [3.05, 3.63) is 79.9 Å². The molecule has 1 saturated heterocycles. The van der Waals surface area contributed by atoms with E-state index < -0.39 is 23.5 Å². The number of benzene rings is 1. The molecule has 0 atom stereocenters. The second-order valence-corrected chi connectivity index (χ2v) is 13.5. The Morgan fingerprint density at radius 2 is 1.98 bits per heavy atom. The maximum absolute atomic E-state index is 13.9. The van der Waals surface area contributed by atoms with Gasteiger partial charge in [-0.3, -0.25) is 19.2 Å². The number of thiophene rings is 1. The fraction of sp³-hybridized carbons (Fsp3) is 0.294. The van der Waals surface area contributed by atoms with Crippen LogP contribution in [-0.4, -0.2) is 73.6 Å². The summed E-state index contributed by atoms with van der Waals surface area (Å²) in [7, 11) is 1.77. The van der Waals surface area contributed by atoms with Gasteiger partial charge in [-0.25, -0.2) is 14.8 Å². The quantitative estimate of drug-likeness (QED) is 0.150. The van der Waals surface area contributed by atoms with Gasteiger partial charge in [-0.2, -0.15) is 14.0 Å². The minimum atomic E-state index is -3.30. The first-order valence-electron chi connectivity index (χ1n) is 15.1. The van der Waals surface area contributed by atoms with E-state index >= 15 is 0 Å². The number of anilines is 1. The third kappa shape index (κ3) is 6.94. The number of carboxylic acid groups (broad SMARTS) is 1. The van der Waals surface area contributed by atoms with Crippen LogP contribution in [0.5, 0.6) is 0 Å². The predicted molar refractivity (Wildman–Crippen MR) is 186 cm³/mol. The van der Waals surface area contributed by atoms with Crippen molar-refractivity contribution in [2.45, 2.75) is 37.7 Å². The third-order valence-corrected chi connectivity index (χ3v) is 9.90. The van der Waals surface area contributed by atoms with Crippen molar-refractivity contribution < 1.29 is 18.7 Å². The monoisotopic (exact) mass is 721 g/mol. The van der Waals surface area contributed by atoms with E-state index in [9.17, 15) is 28.7 Å². The summed E-state index contributed by atoms with van der Waals surface area (Å²) < 4.78 is 28.7. The highest BCUT2D eigenvalue weighted by molar-refractivity contribution is 7.18. The van der Waals surface area contributed by atoms with Crippen LogP contribution in [0.2, 0.25) is 5.02 Å². The second kappa shape index (κ2) is 13.7. The van der Waals surface area contributed by atoms with Crippen LogP contribution in [0.3, 0.4) is 0 Å². The van der Waals surface area contributed by atoms with Gasteiger partial charge in [0.05, 0.1) is 46.0 Å². The van der Waals surface area contributed by atoms with Crippen molar-refractivity contribution in [2.75, 3.05) is 31.6 Å². The van der Waals surface area contributed by atoms with Crippen LogP contribution in [0.25, 0.3) is 32.2 Å². The molecule has 1 N–H and O–H groups in total. The Morgan fingerprint density at radius 3 is 2.67 bits per heavy atom. The van der Waals surface area contributed by atoms with Gasteiger partial charge in [-0.05, 0) is 55.6 Å². The summed E-state index contributed by atoms with van der Waals surface area (Å²) in [5.41, 5.74) is 2.39. The Labute approximate surface area is 293 Å². The Bertz CT molecular complexity index is 2280. The number of hydrogen-bond donors (Lipinski definition) is 1. The van der Waals surface area contributed by atoms with Gasteiger partial charge in [0.15, 0.2) is 0 Å². The highest BCUT2D eigenvalue weighted by atomic mass is 35.5. The molecule has 4 aromatic heterocycles. The number of rotatable bonds is 7. The summed E-state index contributed by atoms with van der Waals surface area (Å²) in [5, 5.41) is 18.6. The van der Waals surface area contributed by atoms with Crippen LogP contribution in [0.4, 0.5) is 14.6 Å². The first-order chi connectivity index (χ1) is 23.4. The first kappa shape index (κ1) is 34.2. The topological polar surface area (TPSA) is 128 Å². The maximum Gasteiger partial charge on any atom is 0.338 e. The minimum Gasteiger partial charge on any atom is -0.478 e. The smallest absolute Gasteiger partial charge is 0.338 e. The number of likely N-dealkylation sites (tertiary alicyclic amines) is 1. The largest absolute Gasteiger partial charge is 0.478 e. The summed E-state index contributed by atoms with van der Waals surface area (Å²) in [4.78, 5) is 42.4. The summed E-state index contributed by atoms with van der Waals surface area (Å²) in [5.74, 6) is 5.81. The number of piperidine rings is 1. The number of alkyl halides is 3. The van der Waals surface area contributed by atoms with E-state index in [0.29, 0.717) is 63.9 Å². The molecule has 1 aliphatic heterocycles. The van der Waals surface area contributed by atoms with Gasteiger partial charge < -0.3 is 10.0 Å². The Balaban J connectivity index is 1.32. The third-order valence-electron chi connectivity index (χ3n) is 8.54. The van der Waals surface area contributed by atoms with Crippen LogP contribution < -0.4 is 10.5 Å². The van der Waals surface area contributed by atoms with Gasteiger partial charge in [0, 0.05) is 59.5 Å². The van der Waals surface area contributed by atoms with E-state index in [1.165, 1.54) is 28.3 Å². The Kier molecular flexibility index (Phi) is 9.56. The van der Waals surface area contributed by atoms with Crippen LogP contribution in [0.15, 0.2) is 46.8 Å². The molecule has 10 nitrogen and oxygen atoms in total. The molecule has 0 unspecified atom stereocenters. The zero-order chi connectivity index (χ0) is 35.0. The molecule has 1 aliphatic rings. The van der Waals surface area contributed by atoms with Gasteiger partial charge in [0.2, 0.25) is 0 Å². The van der Waals surface area contributed by atoms with E-state index in [0.717, 1.165) is 5.56 Å². The average molecular weight is 723 g/mol. The van der Waals surface area contributed by atoms with Gasteiger partial charge in [0.25, 0.3) is 5.56 Å². The summed E-state index contributed by atoms with van der Waals surface area (Å²) >= 11 is 12.8. The molecule has 0 spiro atoms. The molecule has 49 heavy (non-hydrogen) atoms. The number of halogens is 4. The van der Waals surface area contributed by atoms with E-state index in [-0.39, 0.29) is 34.6 Å². The van der Waals surface area contributed by atoms with Crippen molar-refractivity contribution in [1.29, 1.82) is 5.26 Å². The Morgan fingerprint density at radius 1 is 1.22 bits per heavy atom. The highest BCUT2D eigenvalue weighted by Crippen LogP contribution is 2.36. The lowest BCUT2D eigenvalue weighted by Gasteiger charge is -2.37. The number of aromatic nitrogens is 4. The van der Waals surface area contributed by atoms with Crippen LogP contribution in [0, 0.1) is 30.1 Å². The van der Waals surface area contributed by atoms with Crippen molar-refractivity contribution >= 4 is 67.4 Å². The highest BCUT2D eigenvalue weighted by Gasteiger charge is 2.32. The van der Waals surface area contributed by atoms with Crippen molar-refractivity contribution in [3.8, 4) is 29.0 Å². The van der Waals surface area contributed by atoms with Crippen LogP contribution >= 0.6 is 34.5 Å². The van der Waals surface area contributed by atoms with Crippen molar-refractivity contribution in [2.24, 2.45) is 0 Å². The first-order valence-corrected chi connectivity index (χ1v) is 16.7. The zero-order valence-corrected chi connectivity index (χ0v) is 28.5. The fourth-order valence-electron chi connectivity index (χ4n) is 6.12. The maximum atomic E-state index is 13.9. The number of hydrogen-bond acceptors (Lipinski definition) is 9. The van der Waals surface area contributed by atoms with Crippen molar-refractivity contribution in [1.82, 2.24) is 24.4 Å². The van der Waals surface area contributed by atoms with Gasteiger partial charge in [0.1, 0.15) is 23.3 Å². The van der Waals surface area contributed by atoms with E-state index in [1.807, 2.05) is 4.90 Å². The summed E-state index contributed by atoms with van der Waals surface area (Å²) in [6.45, 7) is 1.90. The standard InChI is InChI=1S/C34H27Cl2F2N7O3S/c1-19-42-27-16-41-31(43(2)22-8-12-44(13-9-22)18-34(36,37)38)25(15-39)28(27)32(46)45(19)11-3-4-20-5-6-21(35)14-24(20)23-7-10-40-29-26(33(47)48)17-49-30(23)29/h5-7,10,14,16-17,22H,8-9,11-13,18H2,1-2H3,(H,47,48).